The van der Waals surface area contributed by atoms with Crippen molar-refractivity contribution < 1.29 is 24.2 Å². The van der Waals surface area contributed by atoms with Crippen LogP contribution in [0.4, 0.5) is 0 Å². The zero-order chi connectivity index (χ0) is 19.1. The van der Waals surface area contributed by atoms with Crippen LogP contribution in [0, 0.1) is 0 Å². The molecule has 5 rings (SSSR count). The Morgan fingerprint density at radius 3 is 2.93 bits per heavy atom. The fourth-order valence-electron chi connectivity index (χ4n) is 3.64. The van der Waals surface area contributed by atoms with Crippen LogP contribution in [0.2, 0.25) is 0 Å². The fraction of sp³-hybridized carbons (Fsp3) is 0.190. The topological polar surface area (TPSA) is 84.0 Å². The van der Waals surface area contributed by atoms with Crippen LogP contribution >= 0.6 is 0 Å². The lowest BCUT2D eigenvalue weighted by Crippen LogP contribution is -2.20. The number of para-hydroxylation sites is 1. The zero-order valence-corrected chi connectivity index (χ0v) is 15.0. The van der Waals surface area contributed by atoms with Gasteiger partial charge in [-0.05, 0) is 35.7 Å². The smallest absolute Gasteiger partial charge is 0.339 e. The Kier molecular flexibility index (Phi) is 3.95. The molecule has 3 aromatic rings. The minimum absolute atomic E-state index is 0.189. The first-order chi connectivity index (χ1) is 13.7. The van der Waals surface area contributed by atoms with Crippen molar-refractivity contribution in [2.45, 2.75) is 13.0 Å². The van der Waals surface area contributed by atoms with Crippen LogP contribution in [0.15, 0.2) is 48.7 Å². The summed E-state index contributed by atoms with van der Waals surface area (Å²) >= 11 is 0. The molecule has 0 fully saturated rings. The average Bonchev–Trinajstić information content (AvgIpc) is 3.26. The van der Waals surface area contributed by atoms with Gasteiger partial charge in [-0.1, -0.05) is 24.3 Å². The number of nitrogens with zero attached hydrogens (tertiary/aromatic N) is 1. The number of benzene rings is 2. The number of aromatic nitrogens is 1. The van der Waals surface area contributed by atoms with Gasteiger partial charge in [0.2, 0.25) is 6.79 Å². The number of carboxylic acid groups (broad SMARTS) is 1. The number of rotatable bonds is 4. The molecule has 7 heteroatoms. The monoisotopic (exact) mass is 378 g/mol. The van der Waals surface area contributed by atoms with Crippen molar-refractivity contribution >= 4 is 22.4 Å². The Hall–Kier alpha value is -3.45. The van der Waals surface area contributed by atoms with Crippen LogP contribution in [0.1, 0.15) is 16.8 Å². The second-order valence-electron chi connectivity index (χ2n) is 6.72. The average molecular weight is 378 g/mol. The molecule has 0 amide bonds. The molecule has 0 radical (unpaired) electrons. The molecule has 7 nitrogen and oxygen atoms in total. The lowest BCUT2D eigenvalue weighted by atomic mass is 10.0. The van der Waals surface area contributed by atoms with E-state index in [4.69, 9.17) is 14.3 Å². The quantitative estimate of drug-likeness (QED) is 0.725. The number of nitrogens with one attached hydrogen (secondary N) is 1. The SMILES string of the molecule is O=C(O)C1=CN(OCc2ccc3c(c2)OCO3)CCc2c1[nH]c1ccccc21. The molecule has 2 aliphatic heterocycles. The number of H-pyrrole nitrogens is 1. The molecule has 0 saturated carbocycles. The van der Waals surface area contributed by atoms with E-state index in [1.165, 1.54) is 0 Å². The first-order valence-corrected chi connectivity index (χ1v) is 9.02. The summed E-state index contributed by atoms with van der Waals surface area (Å²) in [5.74, 6) is 0.420. The molecule has 0 aliphatic carbocycles. The van der Waals surface area contributed by atoms with Crippen LogP contribution in [0.5, 0.6) is 11.5 Å². The lowest BCUT2D eigenvalue weighted by molar-refractivity contribution is -0.134. The summed E-state index contributed by atoms with van der Waals surface area (Å²) in [5.41, 5.74) is 3.69. The highest BCUT2D eigenvalue weighted by molar-refractivity contribution is 6.16. The molecule has 2 aromatic carbocycles. The van der Waals surface area contributed by atoms with Gasteiger partial charge in [0.25, 0.3) is 0 Å². The molecule has 2 aliphatic rings. The van der Waals surface area contributed by atoms with Crippen LogP contribution in [0.25, 0.3) is 16.5 Å². The molecular formula is C21H18N2O5. The van der Waals surface area contributed by atoms with Gasteiger partial charge in [0.15, 0.2) is 11.5 Å². The summed E-state index contributed by atoms with van der Waals surface area (Å²) in [6.07, 6.45) is 2.23. The van der Waals surface area contributed by atoms with E-state index >= 15 is 0 Å². The second-order valence-corrected chi connectivity index (χ2v) is 6.72. The Labute approximate surface area is 160 Å². The van der Waals surface area contributed by atoms with Gasteiger partial charge in [0, 0.05) is 23.6 Å². The maximum atomic E-state index is 11.9. The molecule has 0 atom stereocenters. The molecule has 2 N–H and O–H groups in total. The summed E-state index contributed by atoms with van der Waals surface area (Å²) in [6.45, 7) is 1.08. The number of aliphatic carboxylic acids is 1. The predicted octanol–water partition coefficient (Wildman–Crippen LogP) is 3.31. The minimum atomic E-state index is -0.994. The Morgan fingerprint density at radius 2 is 2.04 bits per heavy atom. The van der Waals surface area contributed by atoms with Crippen molar-refractivity contribution in [1.29, 1.82) is 0 Å². The predicted molar refractivity (Wildman–Crippen MR) is 102 cm³/mol. The Morgan fingerprint density at radius 1 is 1.18 bits per heavy atom. The molecule has 28 heavy (non-hydrogen) atoms. The highest BCUT2D eigenvalue weighted by Gasteiger charge is 2.24. The molecule has 0 saturated heterocycles. The number of carboxylic acids is 1. The Bertz CT molecular complexity index is 1100. The molecule has 142 valence electrons. The molecular weight excluding hydrogens is 360 g/mol. The summed E-state index contributed by atoms with van der Waals surface area (Å²) in [4.78, 5) is 21.0. The molecule has 0 unspecified atom stereocenters. The highest BCUT2D eigenvalue weighted by atomic mass is 16.7. The van der Waals surface area contributed by atoms with Crippen LogP contribution in [-0.4, -0.2) is 34.5 Å². The molecule has 0 bridgehead atoms. The number of fused-ring (bicyclic) bond motifs is 4. The van der Waals surface area contributed by atoms with Crippen LogP contribution < -0.4 is 9.47 Å². The third-order valence-corrected chi connectivity index (χ3v) is 5.00. The van der Waals surface area contributed by atoms with Crippen molar-refractivity contribution in [2.24, 2.45) is 0 Å². The van der Waals surface area contributed by atoms with Crippen molar-refractivity contribution in [2.75, 3.05) is 13.3 Å². The number of hydrogen-bond acceptors (Lipinski definition) is 5. The number of hydroxylamine groups is 2. The molecule has 0 spiro atoms. The van der Waals surface area contributed by atoms with E-state index in [0.29, 0.717) is 31.0 Å². The maximum absolute atomic E-state index is 11.9. The second kappa shape index (κ2) is 6.61. The number of aromatic amines is 1. The summed E-state index contributed by atoms with van der Waals surface area (Å²) < 4.78 is 10.7. The van der Waals surface area contributed by atoms with E-state index in [2.05, 4.69) is 4.98 Å². The van der Waals surface area contributed by atoms with Gasteiger partial charge in [-0.15, -0.1) is 0 Å². The first-order valence-electron chi connectivity index (χ1n) is 9.02. The standard InChI is InChI=1S/C21H18N2O5/c24-21(25)16-10-23(28-11-13-5-6-18-19(9-13)27-12-26-18)8-7-15-14-3-1-2-4-17(14)22-20(15)16/h1-6,9-10,22H,7-8,11-12H2,(H,24,25). The van der Waals surface area contributed by atoms with Crippen molar-refractivity contribution in [3.63, 3.8) is 0 Å². The summed E-state index contributed by atoms with van der Waals surface area (Å²) in [7, 11) is 0. The summed E-state index contributed by atoms with van der Waals surface area (Å²) in [6, 6.07) is 13.5. The minimum Gasteiger partial charge on any atom is -0.478 e. The van der Waals surface area contributed by atoms with Crippen molar-refractivity contribution in [3.05, 3.63) is 65.5 Å². The first kappa shape index (κ1) is 16.7. The maximum Gasteiger partial charge on any atom is 0.339 e. The normalized spacial score (nSPS) is 15.3. The van der Waals surface area contributed by atoms with E-state index in [1.807, 2.05) is 42.5 Å². The lowest BCUT2D eigenvalue weighted by Gasteiger charge is -2.19. The van der Waals surface area contributed by atoms with Crippen LogP contribution in [-0.2, 0) is 22.7 Å². The number of hydrogen-bond donors (Lipinski definition) is 2. The largest absolute Gasteiger partial charge is 0.478 e. The van der Waals surface area contributed by atoms with E-state index in [-0.39, 0.29) is 12.4 Å². The zero-order valence-electron chi connectivity index (χ0n) is 15.0. The van der Waals surface area contributed by atoms with Gasteiger partial charge in [0.05, 0.1) is 5.69 Å². The van der Waals surface area contributed by atoms with Crippen molar-refractivity contribution in [3.8, 4) is 11.5 Å². The van der Waals surface area contributed by atoms with E-state index in [1.54, 1.807) is 11.3 Å². The highest BCUT2D eigenvalue weighted by Crippen LogP contribution is 2.33. The van der Waals surface area contributed by atoms with Gasteiger partial charge < -0.3 is 19.6 Å². The number of carbonyl (C=O) groups is 1. The van der Waals surface area contributed by atoms with E-state index in [9.17, 15) is 9.90 Å². The Balaban J connectivity index is 1.40. The van der Waals surface area contributed by atoms with E-state index in [0.717, 1.165) is 27.8 Å². The third-order valence-electron chi connectivity index (χ3n) is 5.00. The summed E-state index contributed by atoms with van der Waals surface area (Å²) in [5, 5.41) is 12.4. The fourth-order valence-corrected chi connectivity index (χ4v) is 3.64. The van der Waals surface area contributed by atoms with Gasteiger partial charge >= 0.3 is 5.97 Å². The van der Waals surface area contributed by atoms with Gasteiger partial charge in [-0.3, -0.25) is 9.90 Å². The van der Waals surface area contributed by atoms with E-state index < -0.39 is 5.97 Å². The van der Waals surface area contributed by atoms with Gasteiger partial charge in [-0.25, -0.2) is 4.79 Å². The van der Waals surface area contributed by atoms with Crippen LogP contribution in [0.3, 0.4) is 0 Å². The molecule has 1 aromatic heterocycles. The van der Waals surface area contributed by atoms with Gasteiger partial charge in [-0.2, -0.15) is 0 Å². The third kappa shape index (κ3) is 2.86. The molecule has 3 heterocycles. The number of ether oxygens (including phenoxy) is 2. The van der Waals surface area contributed by atoms with Gasteiger partial charge in [0.1, 0.15) is 12.2 Å². The van der Waals surface area contributed by atoms with Crippen molar-refractivity contribution in [1.82, 2.24) is 10.0 Å².